The molecule has 0 bridgehead atoms. The van der Waals surface area contributed by atoms with Crippen LogP contribution in [0.4, 0.5) is 11.4 Å². The molecule has 9 nitrogen and oxygen atoms in total. The normalized spacial score (nSPS) is 11.2. The van der Waals surface area contributed by atoms with E-state index in [0.717, 1.165) is 5.56 Å². The van der Waals surface area contributed by atoms with Crippen molar-refractivity contribution in [1.29, 1.82) is 0 Å². The molecule has 0 heterocycles. The number of nitro groups is 1. The zero-order valence-electron chi connectivity index (χ0n) is 15.3. The van der Waals surface area contributed by atoms with E-state index in [-0.39, 0.29) is 22.8 Å². The lowest BCUT2D eigenvalue weighted by Gasteiger charge is -2.14. The number of carbonyl (C=O) groups is 3. The van der Waals surface area contributed by atoms with Crippen LogP contribution in [0, 0.1) is 10.1 Å². The molecule has 0 saturated heterocycles. The number of ether oxygens (including phenoxy) is 1. The van der Waals surface area contributed by atoms with Crippen LogP contribution in [0.2, 0.25) is 0 Å². The first-order valence-corrected chi connectivity index (χ1v) is 8.36. The van der Waals surface area contributed by atoms with E-state index in [2.05, 4.69) is 10.6 Å². The molecule has 0 spiro atoms. The molecular formula is C19H19N3O6. The molecule has 2 aromatic rings. The molecule has 2 N–H and O–H groups in total. The van der Waals surface area contributed by atoms with Gasteiger partial charge >= 0.3 is 5.97 Å². The predicted molar refractivity (Wildman–Crippen MR) is 101 cm³/mol. The van der Waals surface area contributed by atoms with Gasteiger partial charge in [0.1, 0.15) is 5.69 Å². The molecule has 0 aliphatic heterocycles. The molecule has 9 heteroatoms. The van der Waals surface area contributed by atoms with Crippen LogP contribution in [0.25, 0.3) is 0 Å². The maximum Gasteiger partial charge on any atom is 0.338 e. The Labute approximate surface area is 160 Å². The van der Waals surface area contributed by atoms with Gasteiger partial charge < -0.3 is 15.4 Å². The van der Waals surface area contributed by atoms with Gasteiger partial charge in [0.2, 0.25) is 5.91 Å². The predicted octanol–water partition coefficient (Wildman–Crippen LogP) is 2.41. The lowest BCUT2D eigenvalue weighted by Crippen LogP contribution is -2.30. The Kier molecular flexibility index (Phi) is 6.80. The van der Waals surface area contributed by atoms with Gasteiger partial charge in [0.05, 0.1) is 10.5 Å². The van der Waals surface area contributed by atoms with Crippen LogP contribution in [-0.4, -0.2) is 28.8 Å². The summed E-state index contributed by atoms with van der Waals surface area (Å²) < 4.78 is 5.12. The maximum atomic E-state index is 12.2. The summed E-state index contributed by atoms with van der Waals surface area (Å²) in [6.45, 7) is 3.11. The molecule has 1 unspecified atom stereocenters. The minimum absolute atomic E-state index is 0.0164. The van der Waals surface area contributed by atoms with Gasteiger partial charge in [0, 0.05) is 19.5 Å². The summed E-state index contributed by atoms with van der Waals surface area (Å²) in [7, 11) is 0. The number of nitrogens with one attached hydrogen (secondary N) is 2. The van der Waals surface area contributed by atoms with Gasteiger partial charge in [0.15, 0.2) is 6.10 Å². The summed E-state index contributed by atoms with van der Waals surface area (Å²) in [6.07, 6.45) is -1.16. The molecule has 1 atom stereocenters. The van der Waals surface area contributed by atoms with Crippen molar-refractivity contribution in [1.82, 2.24) is 5.32 Å². The average Bonchev–Trinajstić information content (AvgIpc) is 2.66. The smallest absolute Gasteiger partial charge is 0.338 e. The molecule has 2 rings (SSSR count). The van der Waals surface area contributed by atoms with Crippen molar-refractivity contribution in [3.05, 3.63) is 69.8 Å². The molecule has 0 aromatic heterocycles. The molecule has 0 fully saturated rings. The monoisotopic (exact) mass is 385 g/mol. The number of hydrogen-bond acceptors (Lipinski definition) is 6. The Bertz CT molecular complexity index is 895. The summed E-state index contributed by atoms with van der Waals surface area (Å²) in [5, 5.41) is 16.0. The minimum atomic E-state index is -1.16. The largest absolute Gasteiger partial charge is 0.449 e. The first-order chi connectivity index (χ1) is 13.3. The van der Waals surface area contributed by atoms with E-state index in [1.807, 2.05) is 0 Å². The number of rotatable bonds is 7. The van der Waals surface area contributed by atoms with E-state index in [4.69, 9.17) is 4.74 Å². The number of hydrogen-bond donors (Lipinski definition) is 2. The zero-order chi connectivity index (χ0) is 20.7. The molecule has 0 saturated carbocycles. The quantitative estimate of drug-likeness (QED) is 0.428. The van der Waals surface area contributed by atoms with Gasteiger partial charge in [0.25, 0.3) is 11.6 Å². The number of benzene rings is 2. The molecule has 28 heavy (non-hydrogen) atoms. The molecule has 0 radical (unpaired) electrons. The highest BCUT2D eigenvalue weighted by Crippen LogP contribution is 2.23. The topological polar surface area (TPSA) is 128 Å². The Hall–Kier alpha value is -3.75. The Balaban J connectivity index is 1.97. The summed E-state index contributed by atoms with van der Waals surface area (Å²) in [6, 6.07) is 12.0. The first-order valence-electron chi connectivity index (χ1n) is 8.36. The third kappa shape index (κ3) is 5.63. The van der Waals surface area contributed by atoms with Gasteiger partial charge in [-0.25, -0.2) is 4.79 Å². The van der Waals surface area contributed by atoms with Crippen molar-refractivity contribution in [2.24, 2.45) is 0 Å². The van der Waals surface area contributed by atoms with E-state index in [0.29, 0.717) is 6.54 Å². The third-order valence-electron chi connectivity index (χ3n) is 3.74. The molecule has 0 aliphatic carbocycles. The Morgan fingerprint density at radius 2 is 1.75 bits per heavy atom. The van der Waals surface area contributed by atoms with Crippen LogP contribution in [-0.2, 0) is 20.9 Å². The van der Waals surface area contributed by atoms with Gasteiger partial charge in [-0.2, -0.15) is 0 Å². The van der Waals surface area contributed by atoms with E-state index in [1.54, 1.807) is 18.2 Å². The summed E-state index contributed by atoms with van der Waals surface area (Å²) in [5.41, 5.74) is 0.790. The maximum absolute atomic E-state index is 12.2. The summed E-state index contributed by atoms with van der Waals surface area (Å²) in [5.74, 6) is -1.57. The van der Waals surface area contributed by atoms with Gasteiger partial charge in [-0.05, 0) is 30.7 Å². The van der Waals surface area contributed by atoms with Crippen LogP contribution in [0.5, 0.6) is 0 Å². The highest BCUT2D eigenvalue weighted by Gasteiger charge is 2.22. The zero-order valence-corrected chi connectivity index (χ0v) is 15.3. The highest BCUT2D eigenvalue weighted by molar-refractivity contribution is 5.98. The number of nitrogens with zero attached hydrogens (tertiary/aromatic N) is 1. The fraction of sp³-hybridized carbons (Fsp3) is 0.211. The standard InChI is InChI=1S/C19H19N3O6/c1-12(18(24)21-16-5-3-4-6-17(16)22(26)27)28-19(25)15-9-7-14(8-10-15)11-20-13(2)23/h3-10,12H,11H2,1-2H3,(H,20,23)(H,21,24). The van der Waals surface area contributed by atoms with Gasteiger partial charge in [-0.1, -0.05) is 24.3 Å². The Morgan fingerprint density at radius 3 is 2.36 bits per heavy atom. The van der Waals surface area contributed by atoms with Gasteiger partial charge in [-0.15, -0.1) is 0 Å². The summed E-state index contributed by atoms with van der Waals surface area (Å²) >= 11 is 0. The minimum Gasteiger partial charge on any atom is -0.449 e. The average molecular weight is 385 g/mol. The number of nitro benzene ring substituents is 1. The molecule has 2 aromatic carbocycles. The SMILES string of the molecule is CC(=O)NCc1ccc(C(=O)OC(C)C(=O)Nc2ccccc2[N+](=O)[O-])cc1. The number of esters is 1. The van der Waals surface area contributed by atoms with Crippen molar-refractivity contribution >= 4 is 29.2 Å². The second-order valence-electron chi connectivity index (χ2n) is 5.92. The second-order valence-corrected chi connectivity index (χ2v) is 5.92. The molecule has 0 aliphatic rings. The number of anilines is 1. The lowest BCUT2D eigenvalue weighted by atomic mass is 10.1. The fourth-order valence-electron chi connectivity index (χ4n) is 2.24. The number of carbonyl (C=O) groups excluding carboxylic acids is 3. The number of amides is 2. The number of para-hydroxylation sites is 2. The van der Waals surface area contributed by atoms with Crippen LogP contribution in [0.15, 0.2) is 48.5 Å². The molecule has 2 amide bonds. The third-order valence-corrected chi connectivity index (χ3v) is 3.74. The summed E-state index contributed by atoms with van der Waals surface area (Å²) in [4.78, 5) is 45.7. The van der Waals surface area contributed by atoms with Crippen molar-refractivity contribution in [3.8, 4) is 0 Å². The van der Waals surface area contributed by atoms with E-state index in [9.17, 15) is 24.5 Å². The fourth-order valence-corrected chi connectivity index (χ4v) is 2.24. The van der Waals surface area contributed by atoms with Crippen molar-refractivity contribution in [3.63, 3.8) is 0 Å². The van der Waals surface area contributed by atoms with Gasteiger partial charge in [-0.3, -0.25) is 19.7 Å². The molecular weight excluding hydrogens is 366 g/mol. The molecule has 146 valence electrons. The van der Waals surface area contributed by atoms with E-state index in [1.165, 1.54) is 44.2 Å². The van der Waals surface area contributed by atoms with E-state index < -0.39 is 22.9 Å². The van der Waals surface area contributed by atoms with Crippen LogP contribution < -0.4 is 10.6 Å². The second kappa shape index (κ2) is 9.26. The van der Waals surface area contributed by atoms with Crippen molar-refractivity contribution in [2.45, 2.75) is 26.5 Å². The van der Waals surface area contributed by atoms with Crippen molar-refractivity contribution < 1.29 is 24.0 Å². The highest BCUT2D eigenvalue weighted by atomic mass is 16.6. The van der Waals surface area contributed by atoms with Crippen LogP contribution >= 0.6 is 0 Å². The van der Waals surface area contributed by atoms with Crippen molar-refractivity contribution in [2.75, 3.05) is 5.32 Å². The lowest BCUT2D eigenvalue weighted by molar-refractivity contribution is -0.383. The van der Waals surface area contributed by atoms with E-state index >= 15 is 0 Å². The van der Waals surface area contributed by atoms with Crippen LogP contribution in [0.3, 0.4) is 0 Å². The van der Waals surface area contributed by atoms with Crippen LogP contribution in [0.1, 0.15) is 29.8 Å². The first kappa shape index (κ1) is 20.6. The Morgan fingerprint density at radius 1 is 1.11 bits per heavy atom.